The van der Waals surface area contributed by atoms with Crippen molar-refractivity contribution in [2.45, 2.75) is 11.3 Å². The van der Waals surface area contributed by atoms with Crippen LogP contribution in [0.25, 0.3) is 0 Å². The van der Waals surface area contributed by atoms with Crippen LogP contribution in [-0.4, -0.2) is 4.98 Å². The highest BCUT2D eigenvalue weighted by molar-refractivity contribution is 5.32. The van der Waals surface area contributed by atoms with Crippen molar-refractivity contribution in [1.82, 2.24) is 4.98 Å². The first-order valence-corrected chi connectivity index (χ1v) is 5.37. The molecule has 1 aromatic rings. The Labute approximate surface area is 103 Å². The van der Waals surface area contributed by atoms with Gasteiger partial charge in [0.2, 0.25) is 0 Å². The van der Waals surface area contributed by atoms with Crippen LogP contribution in [0.5, 0.6) is 0 Å². The van der Waals surface area contributed by atoms with Gasteiger partial charge < -0.3 is 0 Å². The summed E-state index contributed by atoms with van der Waals surface area (Å²) < 4.78 is 0. The van der Waals surface area contributed by atoms with Crippen molar-refractivity contribution in [2.24, 2.45) is 31.9 Å². The normalized spacial score (nSPS) is 32.6. The molecule has 90 valence electrons. The monoisotopic (exact) mass is 241 g/mol. The Balaban J connectivity index is 1.95. The number of rotatable bonds is 2. The van der Waals surface area contributed by atoms with Crippen molar-refractivity contribution >= 4 is 0 Å². The highest BCUT2D eigenvalue weighted by Gasteiger charge is 2.31. The van der Waals surface area contributed by atoms with Crippen molar-refractivity contribution in [2.75, 3.05) is 0 Å². The molecule has 7 nitrogen and oxygen atoms in total. The van der Waals surface area contributed by atoms with Crippen molar-refractivity contribution in [1.29, 1.82) is 0 Å². The predicted molar refractivity (Wildman–Crippen MR) is 64.0 cm³/mol. The van der Waals surface area contributed by atoms with Gasteiger partial charge in [0.15, 0.2) is 11.3 Å². The van der Waals surface area contributed by atoms with Crippen LogP contribution in [0, 0.1) is 0 Å². The lowest BCUT2D eigenvalue weighted by Gasteiger charge is -2.19. The average Bonchev–Trinajstić information content (AvgIpc) is 3.01. The lowest BCUT2D eigenvalue weighted by atomic mass is 10.0. The summed E-state index contributed by atoms with van der Waals surface area (Å²) in [7, 11) is 0. The molecule has 2 unspecified atom stereocenters. The Morgan fingerprint density at radius 1 is 0.889 bits per heavy atom. The highest BCUT2D eigenvalue weighted by Crippen LogP contribution is 2.28. The molecule has 18 heavy (non-hydrogen) atoms. The van der Waals surface area contributed by atoms with E-state index in [4.69, 9.17) is 11.5 Å². The molecule has 0 amide bonds. The highest BCUT2D eigenvalue weighted by atomic mass is 15.2. The molecule has 0 aromatic carbocycles. The third-order valence-corrected chi connectivity index (χ3v) is 2.87. The minimum Gasteiger partial charge on any atom is -0.298 e. The first-order valence-electron chi connectivity index (χ1n) is 5.37. The minimum atomic E-state index is -0.979. The zero-order chi connectivity index (χ0) is 12.6. The SMILES string of the molecule is NC1(c2ccc(C3(N)C=CN=N3)nc2)C=CN=N1. The topological polar surface area (TPSA) is 114 Å². The van der Waals surface area contributed by atoms with Gasteiger partial charge in [-0.25, -0.2) is 0 Å². The van der Waals surface area contributed by atoms with Gasteiger partial charge in [-0.05, 0) is 18.2 Å². The molecule has 0 spiro atoms. The quantitative estimate of drug-likeness (QED) is 0.812. The lowest BCUT2D eigenvalue weighted by molar-refractivity contribution is 0.554. The molecule has 0 fully saturated rings. The summed E-state index contributed by atoms with van der Waals surface area (Å²) in [6.45, 7) is 0. The molecule has 2 atom stereocenters. The fourth-order valence-corrected chi connectivity index (χ4v) is 1.78. The van der Waals surface area contributed by atoms with E-state index in [0.29, 0.717) is 5.69 Å². The molecular weight excluding hydrogens is 230 g/mol. The van der Waals surface area contributed by atoms with Gasteiger partial charge in [-0.3, -0.25) is 16.5 Å². The second-order valence-corrected chi connectivity index (χ2v) is 4.15. The molecule has 2 aliphatic rings. The Hall–Kier alpha value is -2.25. The molecule has 0 saturated carbocycles. The van der Waals surface area contributed by atoms with E-state index in [2.05, 4.69) is 25.4 Å². The maximum Gasteiger partial charge on any atom is 0.192 e. The van der Waals surface area contributed by atoms with Crippen LogP contribution in [0.15, 0.2) is 63.3 Å². The van der Waals surface area contributed by atoms with Crippen LogP contribution >= 0.6 is 0 Å². The summed E-state index contributed by atoms with van der Waals surface area (Å²) in [6.07, 6.45) is 8.12. The van der Waals surface area contributed by atoms with Crippen molar-refractivity contribution in [3.05, 3.63) is 54.1 Å². The molecule has 4 N–H and O–H groups in total. The molecule has 1 aromatic heterocycles. The molecule has 0 saturated heterocycles. The molecule has 7 heteroatoms. The fourth-order valence-electron chi connectivity index (χ4n) is 1.78. The number of hydrogen-bond donors (Lipinski definition) is 2. The summed E-state index contributed by atoms with van der Waals surface area (Å²) in [5.41, 5.74) is 11.5. The van der Waals surface area contributed by atoms with Gasteiger partial charge in [0, 0.05) is 24.2 Å². The van der Waals surface area contributed by atoms with Gasteiger partial charge in [-0.15, -0.1) is 0 Å². The average molecular weight is 241 g/mol. The molecule has 0 aliphatic carbocycles. The summed E-state index contributed by atoms with van der Waals surface area (Å²) in [4.78, 5) is 4.28. The summed E-state index contributed by atoms with van der Waals surface area (Å²) >= 11 is 0. The fraction of sp³-hybridized carbons (Fsp3) is 0.182. The van der Waals surface area contributed by atoms with Gasteiger partial charge in [0.1, 0.15) is 0 Å². The van der Waals surface area contributed by atoms with Crippen molar-refractivity contribution < 1.29 is 0 Å². The summed E-state index contributed by atoms with van der Waals surface area (Å²) in [6, 6.07) is 3.58. The van der Waals surface area contributed by atoms with Crippen LogP contribution in [-0.2, 0) is 11.3 Å². The van der Waals surface area contributed by atoms with Crippen molar-refractivity contribution in [3.63, 3.8) is 0 Å². The molecule has 3 rings (SSSR count). The van der Waals surface area contributed by atoms with Crippen LogP contribution in [0.1, 0.15) is 11.3 Å². The zero-order valence-electron chi connectivity index (χ0n) is 9.43. The van der Waals surface area contributed by atoms with E-state index in [9.17, 15) is 0 Å². The Morgan fingerprint density at radius 2 is 1.56 bits per heavy atom. The van der Waals surface area contributed by atoms with Gasteiger partial charge in [-0.2, -0.15) is 20.5 Å². The zero-order valence-corrected chi connectivity index (χ0v) is 9.43. The van der Waals surface area contributed by atoms with Crippen LogP contribution in [0.2, 0.25) is 0 Å². The van der Waals surface area contributed by atoms with E-state index in [-0.39, 0.29) is 0 Å². The molecule has 0 bridgehead atoms. The Morgan fingerprint density at radius 3 is 2.06 bits per heavy atom. The predicted octanol–water partition coefficient (Wildman–Crippen LogP) is 1.26. The van der Waals surface area contributed by atoms with E-state index >= 15 is 0 Å². The van der Waals surface area contributed by atoms with Gasteiger partial charge >= 0.3 is 0 Å². The molecule has 3 heterocycles. The molecule has 0 radical (unpaired) electrons. The summed E-state index contributed by atoms with van der Waals surface area (Å²) in [5.74, 6) is 0. The number of pyridine rings is 1. The smallest absolute Gasteiger partial charge is 0.192 e. The third-order valence-electron chi connectivity index (χ3n) is 2.87. The maximum atomic E-state index is 6.04. The molecule has 2 aliphatic heterocycles. The standard InChI is InChI=1S/C11H11N7/c12-10(3-5-15-17-10)8-1-2-9(14-7-8)11(13)4-6-16-18-11/h1-7H,12-13H2. The summed E-state index contributed by atoms with van der Waals surface area (Å²) in [5, 5.41) is 15.4. The van der Waals surface area contributed by atoms with Gasteiger partial charge in [-0.1, -0.05) is 6.07 Å². The van der Waals surface area contributed by atoms with E-state index in [1.54, 1.807) is 36.8 Å². The first kappa shape index (κ1) is 10.9. The number of nitrogens with zero attached hydrogens (tertiary/aromatic N) is 5. The first-order chi connectivity index (χ1) is 8.62. The van der Waals surface area contributed by atoms with E-state index in [1.807, 2.05) is 6.07 Å². The second kappa shape index (κ2) is 3.62. The van der Waals surface area contributed by atoms with Crippen molar-refractivity contribution in [3.8, 4) is 0 Å². The van der Waals surface area contributed by atoms with E-state index in [1.165, 1.54) is 0 Å². The van der Waals surface area contributed by atoms with Crippen LogP contribution < -0.4 is 11.5 Å². The Kier molecular flexibility index (Phi) is 2.19. The number of aromatic nitrogens is 1. The third kappa shape index (κ3) is 1.57. The number of nitrogens with two attached hydrogens (primary N) is 2. The largest absolute Gasteiger partial charge is 0.298 e. The second-order valence-electron chi connectivity index (χ2n) is 4.15. The molecular formula is C11H11N7. The Bertz CT molecular complexity index is 505. The lowest BCUT2D eigenvalue weighted by Crippen LogP contribution is -2.33. The number of hydrogen-bond acceptors (Lipinski definition) is 7. The van der Waals surface area contributed by atoms with E-state index < -0.39 is 11.3 Å². The van der Waals surface area contributed by atoms with Crippen LogP contribution in [0.3, 0.4) is 0 Å². The van der Waals surface area contributed by atoms with Crippen LogP contribution in [0.4, 0.5) is 0 Å². The van der Waals surface area contributed by atoms with E-state index in [0.717, 1.165) is 5.56 Å². The maximum absolute atomic E-state index is 6.04. The van der Waals surface area contributed by atoms with Gasteiger partial charge in [0.25, 0.3) is 0 Å². The number of azo groups is 2. The minimum absolute atomic E-state index is 0.603. The van der Waals surface area contributed by atoms with Gasteiger partial charge in [0.05, 0.1) is 5.69 Å².